The van der Waals surface area contributed by atoms with Gasteiger partial charge in [0.15, 0.2) is 0 Å². The van der Waals surface area contributed by atoms with Gasteiger partial charge in [0.2, 0.25) is 0 Å². The van der Waals surface area contributed by atoms with Gasteiger partial charge in [-0.3, -0.25) is 0 Å². The summed E-state index contributed by atoms with van der Waals surface area (Å²) in [7, 11) is 0. The fourth-order valence-electron chi connectivity index (χ4n) is 5.91. The SMILES string of the molecule is CCCCCCCCCCCCCCCCCCCCCCO[C@H]1CCC[C@H]1COCc1ccccc1. The van der Waals surface area contributed by atoms with Crippen molar-refractivity contribution in [2.75, 3.05) is 13.2 Å². The molecule has 0 amide bonds. The van der Waals surface area contributed by atoms with Crippen molar-refractivity contribution in [3.05, 3.63) is 35.9 Å². The van der Waals surface area contributed by atoms with E-state index in [1.54, 1.807) is 0 Å². The Morgan fingerprint density at radius 3 is 1.59 bits per heavy atom. The van der Waals surface area contributed by atoms with Crippen molar-refractivity contribution in [1.82, 2.24) is 0 Å². The van der Waals surface area contributed by atoms with Crippen molar-refractivity contribution in [3.63, 3.8) is 0 Å². The van der Waals surface area contributed by atoms with Crippen LogP contribution in [0.3, 0.4) is 0 Å². The topological polar surface area (TPSA) is 18.5 Å². The van der Waals surface area contributed by atoms with Gasteiger partial charge in [-0.15, -0.1) is 0 Å². The molecule has 1 aliphatic carbocycles. The highest BCUT2D eigenvalue weighted by atomic mass is 16.5. The van der Waals surface area contributed by atoms with E-state index in [9.17, 15) is 0 Å². The molecule has 0 spiro atoms. The Bertz CT molecular complexity index is 586. The molecular formula is C35H62O2. The summed E-state index contributed by atoms with van der Waals surface area (Å²) in [5.74, 6) is 0.591. The maximum atomic E-state index is 6.28. The van der Waals surface area contributed by atoms with E-state index < -0.39 is 0 Å². The lowest BCUT2D eigenvalue weighted by Gasteiger charge is -2.20. The highest BCUT2D eigenvalue weighted by Crippen LogP contribution is 2.29. The van der Waals surface area contributed by atoms with E-state index >= 15 is 0 Å². The first-order chi connectivity index (χ1) is 18.4. The number of hydrogen-bond acceptors (Lipinski definition) is 2. The fraction of sp³-hybridized carbons (Fsp3) is 0.829. The molecule has 1 aromatic carbocycles. The van der Waals surface area contributed by atoms with Gasteiger partial charge in [-0.1, -0.05) is 166 Å². The lowest BCUT2D eigenvalue weighted by Crippen LogP contribution is -2.23. The van der Waals surface area contributed by atoms with Gasteiger partial charge in [0.25, 0.3) is 0 Å². The highest BCUT2D eigenvalue weighted by molar-refractivity contribution is 5.13. The summed E-state index contributed by atoms with van der Waals surface area (Å²) in [6.07, 6.45) is 32.9. The molecule has 2 atom stereocenters. The van der Waals surface area contributed by atoms with Gasteiger partial charge in [0, 0.05) is 12.5 Å². The molecule has 0 bridgehead atoms. The van der Waals surface area contributed by atoms with Crippen molar-refractivity contribution in [2.24, 2.45) is 5.92 Å². The molecule has 2 nitrogen and oxygen atoms in total. The molecule has 0 aliphatic heterocycles. The van der Waals surface area contributed by atoms with Crippen molar-refractivity contribution in [3.8, 4) is 0 Å². The minimum absolute atomic E-state index is 0.427. The highest BCUT2D eigenvalue weighted by Gasteiger charge is 2.27. The molecule has 1 aromatic rings. The molecule has 2 rings (SSSR count). The minimum Gasteiger partial charge on any atom is -0.378 e. The molecular weight excluding hydrogens is 452 g/mol. The maximum Gasteiger partial charge on any atom is 0.0717 e. The summed E-state index contributed by atoms with van der Waals surface area (Å²) in [6, 6.07) is 10.5. The molecule has 0 saturated heterocycles. The molecule has 0 radical (unpaired) electrons. The number of rotatable bonds is 26. The predicted octanol–water partition coefficient (Wildman–Crippen LogP) is 11.2. The van der Waals surface area contributed by atoms with Crippen LogP contribution in [0.5, 0.6) is 0 Å². The summed E-state index contributed by atoms with van der Waals surface area (Å²) in [6.45, 7) is 4.82. The summed E-state index contributed by atoms with van der Waals surface area (Å²) >= 11 is 0. The summed E-state index contributed by atoms with van der Waals surface area (Å²) in [4.78, 5) is 0. The van der Waals surface area contributed by atoms with Crippen LogP contribution >= 0.6 is 0 Å². The quantitative estimate of drug-likeness (QED) is 0.114. The van der Waals surface area contributed by atoms with Crippen LogP contribution in [0.15, 0.2) is 30.3 Å². The van der Waals surface area contributed by atoms with E-state index in [4.69, 9.17) is 9.47 Å². The van der Waals surface area contributed by atoms with Gasteiger partial charge in [-0.25, -0.2) is 0 Å². The van der Waals surface area contributed by atoms with Gasteiger partial charge in [-0.05, 0) is 24.8 Å². The van der Waals surface area contributed by atoms with Gasteiger partial charge in [0.1, 0.15) is 0 Å². The van der Waals surface area contributed by atoms with Crippen LogP contribution in [0.2, 0.25) is 0 Å². The molecule has 0 aromatic heterocycles. The second kappa shape index (κ2) is 24.2. The molecule has 0 N–H and O–H groups in total. The van der Waals surface area contributed by atoms with Gasteiger partial charge < -0.3 is 9.47 Å². The van der Waals surface area contributed by atoms with E-state index in [0.29, 0.717) is 12.0 Å². The standard InChI is InChI=1S/C35H62O2/c1-2-3-4-5-6-7-8-9-10-11-12-13-14-15-16-17-18-19-20-24-30-37-35-29-25-28-34(35)32-36-31-33-26-22-21-23-27-33/h21-23,26-27,34-35H,2-20,24-25,28-32H2,1H3/t34-,35-/m0/s1. The largest absolute Gasteiger partial charge is 0.378 e. The zero-order chi connectivity index (χ0) is 26.1. The fourth-order valence-corrected chi connectivity index (χ4v) is 5.91. The van der Waals surface area contributed by atoms with E-state index in [2.05, 4.69) is 37.3 Å². The minimum atomic E-state index is 0.427. The van der Waals surface area contributed by atoms with E-state index in [1.165, 1.54) is 153 Å². The lowest BCUT2D eigenvalue weighted by molar-refractivity contribution is -0.0119. The van der Waals surface area contributed by atoms with E-state index in [0.717, 1.165) is 19.8 Å². The normalized spacial score (nSPS) is 17.5. The Balaban J connectivity index is 1.27. The Morgan fingerprint density at radius 2 is 1.08 bits per heavy atom. The zero-order valence-electron chi connectivity index (χ0n) is 24.7. The first-order valence-corrected chi connectivity index (χ1v) is 16.6. The molecule has 1 saturated carbocycles. The number of benzene rings is 1. The average molecular weight is 515 g/mol. The van der Waals surface area contributed by atoms with Crippen molar-refractivity contribution < 1.29 is 9.47 Å². The zero-order valence-corrected chi connectivity index (χ0v) is 24.7. The second-order valence-electron chi connectivity index (χ2n) is 11.8. The van der Waals surface area contributed by atoms with Gasteiger partial charge in [0.05, 0.1) is 19.3 Å². The maximum absolute atomic E-state index is 6.28. The first-order valence-electron chi connectivity index (χ1n) is 16.6. The number of ether oxygens (including phenoxy) is 2. The monoisotopic (exact) mass is 514 g/mol. The van der Waals surface area contributed by atoms with Crippen LogP contribution in [-0.2, 0) is 16.1 Å². The molecule has 37 heavy (non-hydrogen) atoms. The van der Waals surface area contributed by atoms with Crippen molar-refractivity contribution in [1.29, 1.82) is 0 Å². The van der Waals surface area contributed by atoms with Crippen molar-refractivity contribution >= 4 is 0 Å². The summed E-state index contributed by atoms with van der Waals surface area (Å²) in [5.41, 5.74) is 1.27. The summed E-state index contributed by atoms with van der Waals surface area (Å²) < 4.78 is 12.3. The number of unbranched alkanes of at least 4 members (excludes halogenated alkanes) is 19. The lowest BCUT2D eigenvalue weighted by atomic mass is 10.0. The summed E-state index contributed by atoms with van der Waals surface area (Å²) in [5, 5.41) is 0. The smallest absolute Gasteiger partial charge is 0.0717 e. The third-order valence-corrected chi connectivity index (χ3v) is 8.36. The molecule has 1 aliphatic rings. The molecule has 214 valence electrons. The van der Waals surface area contributed by atoms with E-state index in [1.807, 2.05) is 0 Å². The second-order valence-corrected chi connectivity index (χ2v) is 11.8. The van der Waals surface area contributed by atoms with Crippen LogP contribution in [0.4, 0.5) is 0 Å². The third-order valence-electron chi connectivity index (χ3n) is 8.36. The molecule has 1 fully saturated rings. The van der Waals surface area contributed by atoms with Crippen LogP contribution < -0.4 is 0 Å². The first kappa shape index (κ1) is 32.4. The van der Waals surface area contributed by atoms with Crippen LogP contribution in [-0.4, -0.2) is 19.3 Å². The van der Waals surface area contributed by atoms with Gasteiger partial charge >= 0.3 is 0 Å². The van der Waals surface area contributed by atoms with E-state index in [-0.39, 0.29) is 0 Å². The van der Waals surface area contributed by atoms with Crippen LogP contribution in [0.1, 0.15) is 160 Å². The Hall–Kier alpha value is -0.860. The Labute approximate surface area is 231 Å². The molecule has 0 unspecified atom stereocenters. The van der Waals surface area contributed by atoms with Crippen LogP contribution in [0.25, 0.3) is 0 Å². The Morgan fingerprint density at radius 1 is 0.595 bits per heavy atom. The Kier molecular flexibility index (Phi) is 21.2. The van der Waals surface area contributed by atoms with Crippen LogP contribution in [0, 0.1) is 5.92 Å². The molecule has 2 heteroatoms. The predicted molar refractivity (Wildman–Crippen MR) is 161 cm³/mol. The average Bonchev–Trinajstić information content (AvgIpc) is 3.37. The number of hydrogen-bond donors (Lipinski definition) is 0. The molecule has 0 heterocycles. The van der Waals surface area contributed by atoms with Crippen molar-refractivity contribution in [2.45, 2.75) is 167 Å². The third kappa shape index (κ3) is 18.1. The van der Waals surface area contributed by atoms with Gasteiger partial charge in [-0.2, -0.15) is 0 Å².